The van der Waals surface area contributed by atoms with Gasteiger partial charge >= 0.3 is 0 Å². The molecule has 0 saturated carbocycles. The summed E-state index contributed by atoms with van der Waals surface area (Å²) in [5.41, 5.74) is 0.956. The van der Waals surface area contributed by atoms with Crippen molar-refractivity contribution in [3.8, 4) is 0 Å². The zero-order chi connectivity index (χ0) is 16.3. The summed E-state index contributed by atoms with van der Waals surface area (Å²) in [6.07, 6.45) is 0.604. The summed E-state index contributed by atoms with van der Waals surface area (Å²) in [6, 6.07) is 9.51. The fraction of sp³-hybridized carbons (Fsp3) is 0.471. The molecule has 1 saturated heterocycles. The van der Waals surface area contributed by atoms with E-state index in [4.69, 9.17) is 0 Å². The standard InChI is InChI=1S/C17H20INO3/c1-11(15(20)8-13-6-4-3-5-7-13)10-19-16(21)9-14(12(2)18)17(19)22/h3-7,11-12,14H,8-10H2,1-2H3. The van der Waals surface area contributed by atoms with Crippen LogP contribution in [0.15, 0.2) is 30.3 Å². The third-order valence-corrected chi connectivity index (χ3v) is 4.93. The van der Waals surface area contributed by atoms with Crippen LogP contribution in [-0.4, -0.2) is 33.0 Å². The maximum atomic E-state index is 12.3. The van der Waals surface area contributed by atoms with Gasteiger partial charge in [-0.3, -0.25) is 19.3 Å². The van der Waals surface area contributed by atoms with Crippen LogP contribution in [0.5, 0.6) is 0 Å². The predicted molar refractivity (Wildman–Crippen MR) is 92.6 cm³/mol. The first-order chi connectivity index (χ1) is 10.4. The van der Waals surface area contributed by atoms with E-state index in [-0.39, 0.29) is 46.3 Å². The molecule has 0 aliphatic carbocycles. The SMILES string of the molecule is CC(CN1C(=O)CC(C(C)I)C1=O)C(=O)Cc1ccccc1. The Morgan fingerprint density at radius 3 is 2.45 bits per heavy atom. The molecule has 1 aliphatic rings. The molecule has 1 aliphatic heterocycles. The van der Waals surface area contributed by atoms with Gasteiger partial charge in [-0.05, 0) is 5.56 Å². The lowest BCUT2D eigenvalue weighted by atomic mass is 9.99. The van der Waals surface area contributed by atoms with Crippen LogP contribution in [0.4, 0.5) is 0 Å². The predicted octanol–water partition coefficient (Wildman–Crippen LogP) is 2.63. The third-order valence-electron chi connectivity index (χ3n) is 4.06. The van der Waals surface area contributed by atoms with Gasteiger partial charge in [0.1, 0.15) is 5.78 Å². The number of ketones is 1. The lowest BCUT2D eigenvalue weighted by Gasteiger charge is -2.19. The van der Waals surface area contributed by atoms with Crippen molar-refractivity contribution < 1.29 is 14.4 Å². The lowest BCUT2D eigenvalue weighted by Crippen LogP contribution is -2.37. The fourth-order valence-electron chi connectivity index (χ4n) is 2.61. The van der Waals surface area contributed by atoms with E-state index in [1.807, 2.05) is 37.3 Å². The summed E-state index contributed by atoms with van der Waals surface area (Å²) in [7, 11) is 0. The molecule has 1 heterocycles. The Balaban J connectivity index is 1.96. The number of alkyl halides is 1. The number of imide groups is 1. The summed E-state index contributed by atoms with van der Waals surface area (Å²) in [4.78, 5) is 37.8. The van der Waals surface area contributed by atoms with Crippen LogP contribution >= 0.6 is 22.6 Å². The molecular formula is C17H20INO3. The zero-order valence-corrected chi connectivity index (χ0v) is 14.9. The molecule has 0 spiro atoms. The molecule has 118 valence electrons. The summed E-state index contributed by atoms with van der Waals surface area (Å²) >= 11 is 2.18. The lowest BCUT2D eigenvalue weighted by molar-refractivity contribution is -0.140. The van der Waals surface area contributed by atoms with Gasteiger partial charge in [-0.15, -0.1) is 0 Å². The number of nitrogens with zero attached hydrogens (tertiary/aromatic N) is 1. The Morgan fingerprint density at radius 1 is 1.27 bits per heavy atom. The second-order valence-electron chi connectivity index (χ2n) is 5.86. The van der Waals surface area contributed by atoms with Crippen molar-refractivity contribution in [1.29, 1.82) is 0 Å². The first kappa shape index (κ1) is 17.1. The second-order valence-corrected chi connectivity index (χ2v) is 7.83. The molecule has 0 aromatic heterocycles. The fourth-order valence-corrected chi connectivity index (χ4v) is 3.17. The highest BCUT2D eigenvalue weighted by Crippen LogP contribution is 2.27. The number of hydrogen-bond acceptors (Lipinski definition) is 3. The summed E-state index contributed by atoms with van der Waals surface area (Å²) in [5, 5.41) is 0. The van der Waals surface area contributed by atoms with E-state index >= 15 is 0 Å². The molecule has 3 atom stereocenters. The summed E-state index contributed by atoms with van der Waals surface area (Å²) < 4.78 is 0.120. The maximum absolute atomic E-state index is 12.3. The van der Waals surface area contributed by atoms with Crippen LogP contribution in [0, 0.1) is 11.8 Å². The van der Waals surface area contributed by atoms with E-state index in [2.05, 4.69) is 22.6 Å². The average Bonchev–Trinajstić information content (AvgIpc) is 2.76. The molecule has 5 heteroatoms. The van der Waals surface area contributed by atoms with Crippen molar-refractivity contribution in [2.24, 2.45) is 11.8 Å². The van der Waals surface area contributed by atoms with Gasteiger partial charge in [-0.1, -0.05) is 66.8 Å². The van der Waals surface area contributed by atoms with E-state index in [0.717, 1.165) is 5.56 Å². The number of carbonyl (C=O) groups is 3. The molecule has 2 rings (SSSR count). The average molecular weight is 413 g/mol. The largest absolute Gasteiger partial charge is 0.299 e. The minimum atomic E-state index is -0.337. The quantitative estimate of drug-likeness (QED) is 0.410. The van der Waals surface area contributed by atoms with Crippen LogP contribution in [-0.2, 0) is 20.8 Å². The number of benzene rings is 1. The van der Waals surface area contributed by atoms with Crippen LogP contribution in [0.1, 0.15) is 25.8 Å². The van der Waals surface area contributed by atoms with Gasteiger partial charge in [0.25, 0.3) is 0 Å². The number of amides is 2. The molecule has 1 aromatic carbocycles. The van der Waals surface area contributed by atoms with Crippen molar-refractivity contribution >= 4 is 40.2 Å². The maximum Gasteiger partial charge on any atom is 0.233 e. The molecule has 1 fully saturated rings. The smallest absolute Gasteiger partial charge is 0.233 e. The number of halogens is 1. The van der Waals surface area contributed by atoms with E-state index in [1.54, 1.807) is 6.92 Å². The van der Waals surface area contributed by atoms with Gasteiger partial charge in [0.15, 0.2) is 0 Å². The number of Topliss-reactive ketones (excluding diaryl/α,β-unsaturated/α-hetero) is 1. The first-order valence-corrected chi connectivity index (χ1v) is 8.69. The van der Waals surface area contributed by atoms with E-state index in [9.17, 15) is 14.4 Å². The van der Waals surface area contributed by atoms with Gasteiger partial charge in [0.05, 0.1) is 5.92 Å². The molecule has 2 amide bonds. The Kier molecular flexibility index (Phi) is 5.72. The number of rotatable bonds is 6. The zero-order valence-electron chi connectivity index (χ0n) is 12.8. The van der Waals surface area contributed by atoms with Crippen molar-refractivity contribution in [3.63, 3.8) is 0 Å². The van der Waals surface area contributed by atoms with Gasteiger partial charge in [-0.2, -0.15) is 0 Å². The Hall–Kier alpha value is -1.24. The van der Waals surface area contributed by atoms with E-state index in [1.165, 1.54) is 4.90 Å². The van der Waals surface area contributed by atoms with Gasteiger partial charge in [0, 0.05) is 29.2 Å². The molecule has 0 radical (unpaired) electrons. The molecule has 4 nitrogen and oxygen atoms in total. The van der Waals surface area contributed by atoms with Crippen molar-refractivity contribution in [3.05, 3.63) is 35.9 Å². The third kappa shape index (κ3) is 3.94. The number of carbonyl (C=O) groups excluding carboxylic acids is 3. The van der Waals surface area contributed by atoms with Gasteiger partial charge in [0.2, 0.25) is 11.8 Å². The Morgan fingerprint density at radius 2 is 1.91 bits per heavy atom. The minimum Gasteiger partial charge on any atom is -0.299 e. The highest BCUT2D eigenvalue weighted by molar-refractivity contribution is 14.1. The van der Waals surface area contributed by atoms with Crippen LogP contribution in [0.3, 0.4) is 0 Å². The highest BCUT2D eigenvalue weighted by Gasteiger charge is 2.41. The highest BCUT2D eigenvalue weighted by atomic mass is 127. The Labute approximate surface area is 144 Å². The number of hydrogen-bond donors (Lipinski definition) is 0. The second kappa shape index (κ2) is 7.35. The van der Waals surface area contributed by atoms with Crippen LogP contribution in [0.25, 0.3) is 0 Å². The van der Waals surface area contributed by atoms with Crippen molar-refractivity contribution in [2.75, 3.05) is 6.54 Å². The van der Waals surface area contributed by atoms with Crippen molar-refractivity contribution in [2.45, 2.75) is 30.6 Å². The molecule has 3 unspecified atom stereocenters. The van der Waals surface area contributed by atoms with Crippen molar-refractivity contribution in [1.82, 2.24) is 4.90 Å². The van der Waals surface area contributed by atoms with E-state index in [0.29, 0.717) is 6.42 Å². The van der Waals surface area contributed by atoms with Gasteiger partial charge in [-0.25, -0.2) is 0 Å². The summed E-state index contributed by atoms with van der Waals surface area (Å²) in [5.74, 6) is -0.817. The molecular weight excluding hydrogens is 393 g/mol. The Bertz CT molecular complexity index is 571. The number of likely N-dealkylation sites (tertiary alicyclic amines) is 1. The van der Waals surface area contributed by atoms with Crippen LogP contribution < -0.4 is 0 Å². The molecule has 1 aromatic rings. The normalized spacial score (nSPS) is 21.0. The van der Waals surface area contributed by atoms with E-state index < -0.39 is 0 Å². The molecule has 0 N–H and O–H groups in total. The summed E-state index contributed by atoms with van der Waals surface area (Å²) in [6.45, 7) is 3.92. The monoisotopic (exact) mass is 413 g/mol. The molecule has 0 bridgehead atoms. The minimum absolute atomic E-state index is 0.0535. The van der Waals surface area contributed by atoms with Crippen LogP contribution in [0.2, 0.25) is 0 Å². The topological polar surface area (TPSA) is 54.5 Å². The first-order valence-electron chi connectivity index (χ1n) is 7.45. The molecule has 22 heavy (non-hydrogen) atoms. The van der Waals surface area contributed by atoms with Gasteiger partial charge < -0.3 is 0 Å².